The van der Waals surface area contributed by atoms with Crippen LogP contribution in [-0.2, 0) is 6.42 Å². The zero-order valence-corrected chi connectivity index (χ0v) is 11.4. The van der Waals surface area contributed by atoms with Crippen LogP contribution in [0.5, 0.6) is 0 Å². The van der Waals surface area contributed by atoms with E-state index in [1.54, 1.807) is 0 Å². The molecule has 1 N–H and O–H groups in total. The van der Waals surface area contributed by atoms with E-state index in [0.29, 0.717) is 0 Å². The summed E-state index contributed by atoms with van der Waals surface area (Å²) in [6.07, 6.45) is 6.75. The van der Waals surface area contributed by atoms with Gasteiger partial charge in [0.15, 0.2) is 0 Å². The molecule has 0 aliphatic rings. The second kappa shape index (κ2) is 9.67. The van der Waals surface area contributed by atoms with Gasteiger partial charge in [-0.3, -0.25) is 0 Å². The molecule has 0 aromatic heterocycles. The number of rotatable bonds is 9. The van der Waals surface area contributed by atoms with Crippen LogP contribution >= 0.6 is 0 Å². The number of hydrogen-bond acceptors (Lipinski definition) is 2. The number of benzene rings is 1. The number of hydrogen-bond donors (Lipinski definition) is 1. The number of aryl methyl sites for hydroxylation is 1. The second-order valence-corrected chi connectivity index (χ2v) is 4.72. The van der Waals surface area contributed by atoms with Crippen molar-refractivity contribution in [2.75, 3.05) is 6.54 Å². The van der Waals surface area contributed by atoms with Crippen molar-refractivity contribution < 1.29 is 0 Å². The van der Waals surface area contributed by atoms with Crippen molar-refractivity contribution in [3.63, 3.8) is 0 Å². The van der Waals surface area contributed by atoms with Crippen molar-refractivity contribution in [1.29, 1.82) is 5.26 Å². The van der Waals surface area contributed by atoms with Crippen molar-refractivity contribution >= 4 is 0 Å². The molecule has 0 spiro atoms. The van der Waals surface area contributed by atoms with E-state index in [4.69, 9.17) is 5.26 Å². The summed E-state index contributed by atoms with van der Waals surface area (Å²) >= 11 is 0. The molecule has 0 radical (unpaired) electrons. The van der Waals surface area contributed by atoms with Gasteiger partial charge in [-0.05, 0) is 31.4 Å². The highest BCUT2D eigenvalue weighted by atomic mass is 14.9. The van der Waals surface area contributed by atoms with E-state index < -0.39 is 0 Å². The number of unbranched alkanes of at least 4 members (excludes halogenated alkanes) is 2. The Kier molecular flexibility index (Phi) is 7.92. The van der Waals surface area contributed by atoms with E-state index >= 15 is 0 Å². The fraction of sp³-hybridized carbons (Fsp3) is 0.562. The monoisotopic (exact) mass is 244 g/mol. The minimum Gasteiger partial charge on any atom is -0.302 e. The van der Waals surface area contributed by atoms with Gasteiger partial charge in [0.25, 0.3) is 0 Å². The maximum Gasteiger partial charge on any atom is 0.0952 e. The molecule has 1 unspecified atom stereocenters. The van der Waals surface area contributed by atoms with Crippen LogP contribution in [0.15, 0.2) is 30.3 Å². The lowest BCUT2D eigenvalue weighted by Crippen LogP contribution is -2.28. The molecule has 0 aliphatic heterocycles. The third-order valence-corrected chi connectivity index (χ3v) is 3.13. The molecule has 18 heavy (non-hydrogen) atoms. The molecular weight excluding hydrogens is 220 g/mol. The van der Waals surface area contributed by atoms with Gasteiger partial charge in [0.1, 0.15) is 0 Å². The minimum atomic E-state index is 0.0346. The molecule has 0 aliphatic carbocycles. The van der Waals surface area contributed by atoms with Crippen molar-refractivity contribution in [3.05, 3.63) is 35.9 Å². The average molecular weight is 244 g/mol. The zero-order valence-electron chi connectivity index (χ0n) is 11.4. The molecule has 98 valence electrons. The molecule has 0 heterocycles. The number of nitrogens with zero attached hydrogens (tertiary/aromatic N) is 1. The van der Waals surface area contributed by atoms with Gasteiger partial charge in [0, 0.05) is 0 Å². The third-order valence-electron chi connectivity index (χ3n) is 3.13. The van der Waals surface area contributed by atoms with Crippen LogP contribution in [0.1, 0.15) is 44.6 Å². The lowest BCUT2D eigenvalue weighted by molar-refractivity contribution is 0.523. The average Bonchev–Trinajstić information content (AvgIpc) is 2.43. The molecule has 0 saturated carbocycles. The zero-order chi connectivity index (χ0) is 13.1. The molecule has 0 fully saturated rings. The molecule has 1 atom stereocenters. The van der Waals surface area contributed by atoms with Crippen molar-refractivity contribution in [2.45, 2.75) is 51.5 Å². The fourth-order valence-corrected chi connectivity index (χ4v) is 2.02. The Balaban J connectivity index is 2.10. The van der Waals surface area contributed by atoms with Crippen molar-refractivity contribution in [2.24, 2.45) is 0 Å². The summed E-state index contributed by atoms with van der Waals surface area (Å²) in [6, 6.07) is 12.9. The van der Waals surface area contributed by atoms with E-state index in [-0.39, 0.29) is 6.04 Å². The van der Waals surface area contributed by atoms with Gasteiger partial charge in [-0.25, -0.2) is 0 Å². The predicted octanol–water partition coefficient (Wildman–Crippen LogP) is 3.68. The van der Waals surface area contributed by atoms with Gasteiger partial charge in [-0.1, -0.05) is 56.5 Å². The second-order valence-electron chi connectivity index (χ2n) is 4.72. The van der Waals surface area contributed by atoms with Gasteiger partial charge in [0.05, 0.1) is 12.1 Å². The van der Waals surface area contributed by atoms with Crippen molar-refractivity contribution in [1.82, 2.24) is 5.32 Å². The van der Waals surface area contributed by atoms with E-state index in [9.17, 15) is 0 Å². The lowest BCUT2D eigenvalue weighted by atomic mass is 10.1. The summed E-state index contributed by atoms with van der Waals surface area (Å²) in [5, 5.41) is 12.4. The Morgan fingerprint density at radius 2 is 1.94 bits per heavy atom. The molecule has 2 nitrogen and oxygen atoms in total. The molecule has 2 heteroatoms. The van der Waals surface area contributed by atoms with Crippen LogP contribution < -0.4 is 5.32 Å². The summed E-state index contributed by atoms with van der Waals surface area (Å²) in [5.41, 5.74) is 1.37. The SMILES string of the molecule is CCCCCC(C#N)NCCCc1ccccc1. The summed E-state index contributed by atoms with van der Waals surface area (Å²) in [5.74, 6) is 0. The molecule has 0 saturated heterocycles. The normalized spacial score (nSPS) is 12.0. The maximum atomic E-state index is 9.03. The van der Waals surface area contributed by atoms with E-state index in [0.717, 1.165) is 32.2 Å². The van der Waals surface area contributed by atoms with Gasteiger partial charge in [-0.15, -0.1) is 0 Å². The first-order valence-electron chi connectivity index (χ1n) is 7.03. The highest BCUT2D eigenvalue weighted by Crippen LogP contribution is 2.04. The molecule has 1 aromatic rings. The Morgan fingerprint density at radius 3 is 2.61 bits per heavy atom. The smallest absolute Gasteiger partial charge is 0.0952 e. The van der Waals surface area contributed by atoms with Gasteiger partial charge in [0.2, 0.25) is 0 Å². The van der Waals surface area contributed by atoms with Gasteiger partial charge in [-0.2, -0.15) is 5.26 Å². The molecule has 0 bridgehead atoms. The number of nitriles is 1. The van der Waals surface area contributed by atoms with E-state index in [2.05, 4.69) is 42.6 Å². The van der Waals surface area contributed by atoms with Crippen LogP contribution in [0, 0.1) is 11.3 Å². The largest absolute Gasteiger partial charge is 0.302 e. The quantitative estimate of drug-likeness (QED) is 0.673. The number of nitrogens with one attached hydrogen (secondary N) is 1. The Bertz CT molecular complexity index is 340. The summed E-state index contributed by atoms with van der Waals surface area (Å²) in [6.45, 7) is 3.12. The summed E-state index contributed by atoms with van der Waals surface area (Å²) in [7, 11) is 0. The fourth-order valence-electron chi connectivity index (χ4n) is 2.02. The lowest BCUT2D eigenvalue weighted by Gasteiger charge is -2.10. The highest BCUT2D eigenvalue weighted by Gasteiger charge is 2.04. The molecular formula is C16H24N2. The molecule has 0 amide bonds. The van der Waals surface area contributed by atoms with Crippen LogP contribution in [0.2, 0.25) is 0 Å². The topological polar surface area (TPSA) is 35.8 Å². The first-order chi connectivity index (χ1) is 8.86. The predicted molar refractivity (Wildman–Crippen MR) is 76.3 cm³/mol. The van der Waals surface area contributed by atoms with Crippen LogP contribution in [0.4, 0.5) is 0 Å². The van der Waals surface area contributed by atoms with E-state index in [1.807, 2.05) is 6.07 Å². The standard InChI is InChI=1S/C16H24N2/c1-2-3-5-12-16(14-17)18-13-8-11-15-9-6-4-7-10-15/h4,6-7,9-10,16,18H,2-3,5,8,11-13H2,1H3. The Labute approximate surface area is 111 Å². The van der Waals surface area contributed by atoms with E-state index in [1.165, 1.54) is 18.4 Å². The highest BCUT2D eigenvalue weighted by molar-refractivity contribution is 5.14. The van der Waals surface area contributed by atoms with Gasteiger partial charge >= 0.3 is 0 Å². The van der Waals surface area contributed by atoms with Crippen molar-refractivity contribution in [3.8, 4) is 6.07 Å². The first kappa shape index (κ1) is 14.7. The van der Waals surface area contributed by atoms with Crippen LogP contribution in [0.25, 0.3) is 0 Å². The Morgan fingerprint density at radius 1 is 1.17 bits per heavy atom. The van der Waals surface area contributed by atoms with Crippen LogP contribution in [0.3, 0.4) is 0 Å². The first-order valence-corrected chi connectivity index (χ1v) is 7.03. The minimum absolute atomic E-state index is 0.0346. The Hall–Kier alpha value is -1.33. The summed E-state index contributed by atoms with van der Waals surface area (Å²) in [4.78, 5) is 0. The van der Waals surface area contributed by atoms with Crippen LogP contribution in [-0.4, -0.2) is 12.6 Å². The molecule has 1 rings (SSSR count). The van der Waals surface area contributed by atoms with Gasteiger partial charge < -0.3 is 5.32 Å². The summed E-state index contributed by atoms with van der Waals surface area (Å²) < 4.78 is 0. The maximum absolute atomic E-state index is 9.03. The molecule has 1 aromatic carbocycles. The third kappa shape index (κ3) is 6.42.